The Bertz CT molecular complexity index is 499. The standard InChI is InChI=1S/C12H19N3O2S/c1-10-4-2-3-7-15(10)18(16,17)12-6-5-11(8-13)9-14-12/h5-6,9-10H,2-4,7-8,13H2,1H3. The van der Waals surface area contributed by atoms with E-state index in [0.29, 0.717) is 13.1 Å². The van der Waals surface area contributed by atoms with Crippen LogP contribution in [0.25, 0.3) is 0 Å². The fourth-order valence-electron chi connectivity index (χ4n) is 2.23. The molecule has 0 spiro atoms. The second kappa shape index (κ2) is 5.34. The minimum Gasteiger partial charge on any atom is -0.326 e. The van der Waals surface area contributed by atoms with E-state index in [-0.39, 0.29) is 11.1 Å². The molecule has 5 nitrogen and oxygen atoms in total. The van der Waals surface area contributed by atoms with E-state index < -0.39 is 10.0 Å². The lowest BCUT2D eigenvalue weighted by Crippen LogP contribution is -2.42. The van der Waals surface area contributed by atoms with Crippen molar-refractivity contribution in [1.29, 1.82) is 0 Å². The lowest BCUT2D eigenvalue weighted by molar-refractivity contribution is 0.268. The summed E-state index contributed by atoms with van der Waals surface area (Å²) >= 11 is 0. The Morgan fingerprint density at radius 2 is 2.22 bits per heavy atom. The van der Waals surface area contributed by atoms with E-state index in [9.17, 15) is 8.42 Å². The van der Waals surface area contributed by atoms with E-state index in [4.69, 9.17) is 5.73 Å². The molecule has 1 unspecified atom stereocenters. The van der Waals surface area contributed by atoms with E-state index >= 15 is 0 Å². The monoisotopic (exact) mass is 269 g/mol. The molecule has 100 valence electrons. The highest BCUT2D eigenvalue weighted by atomic mass is 32.2. The number of hydrogen-bond acceptors (Lipinski definition) is 4. The summed E-state index contributed by atoms with van der Waals surface area (Å²) in [6, 6.07) is 3.31. The van der Waals surface area contributed by atoms with Crippen LogP contribution in [0.2, 0.25) is 0 Å². The van der Waals surface area contributed by atoms with Gasteiger partial charge in [0.15, 0.2) is 5.03 Å². The van der Waals surface area contributed by atoms with Crippen molar-refractivity contribution in [3.63, 3.8) is 0 Å². The van der Waals surface area contributed by atoms with Crippen LogP contribution in [0.1, 0.15) is 31.7 Å². The number of pyridine rings is 1. The van der Waals surface area contributed by atoms with Gasteiger partial charge in [-0.15, -0.1) is 0 Å². The summed E-state index contributed by atoms with van der Waals surface area (Å²) in [4.78, 5) is 4.02. The molecule has 0 amide bonds. The van der Waals surface area contributed by atoms with Gasteiger partial charge in [-0.3, -0.25) is 0 Å². The molecule has 6 heteroatoms. The number of nitrogens with zero attached hydrogens (tertiary/aromatic N) is 2. The molecular weight excluding hydrogens is 250 g/mol. The van der Waals surface area contributed by atoms with Gasteiger partial charge < -0.3 is 5.73 Å². The number of rotatable bonds is 3. The smallest absolute Gasteiger partial charge is 0.260 e. The molecule has 0 aliphatic carbocycles. The van der Waals surface area contributed by atoms with Crippen LogP contribution in [0.5, 0.6) is 0 Å². The molecule has 1 atom stereocenters. The normalized spacial score (nSPS) is 22.0. The predicted molar refractivity (Wildman–Crippen MR) is 69.3 cm³/mol. The fraction of sp³-hybridized carbons (Fsp3) is 0.583. The summed E-state index contributed by atoms with van der Waals surface area (Å²) in [6.45, 7) is 2.90. The van der Waals surface area contributed by atoms with Crippen LogP contribution < -0.4 is 5.73 Å². The zero-order valence-electron chi connectivity index (χ0n) is 10.5. The molecule has 2 rings (SSSR count). The highest BCUT2D eigenvalue weighted by Crippen LogP contribution is 2.23. The Balaban J connectivity index is 2.28. The molecule has 0 radical (unpaired) electrons. The summed E-state index contributed by atoms with van der Waals surface area (Å²) in [7, 11) is -3.45. The third-order valence-corrected chi connectivity index (χ3v) is 5.28. The highest BCUT2D eigenvalue weighted by Gasteiger charge is 2.31. The Kier molecular flexibility index (Phi) is 3.99. The Morgan fingerprint density at radius 1 is 1.44 bits per heavy atom. The second-order valence-electron chi connectivity index (χ2n) is 4.67. The van der Waals surface area contributed by atoms with E-state index in [0.717, 1.165) is 24.8 Å². The number of aromatic nitrogens is 1. The second-order valence-corrected chi connectivity index (χ2v) is 6.51. The Morgan fingerprint density at radius 3 is 2.78 bits per heavy atom. The summed E-state index contributed by atoms with van der Waals surface area (Å²) in [6.07, 6.45) is 4.46. The van der Waals surface area contributed by atoms with Gasteiger partial charge in [0.05, 0.1) is 0 Å². The van der Waals surface area contributed by atoms with Gasteiger partial charge >= 0.3 is 0 Å². The average molecular weight is 269 g/mol. The molecule has 1 aromatic rings. The summed E-state index contributed by atoms with van der Waals surface area (Å²) in [5, 5.41) is 0.119. The van der Waals surface area contributed by atoms with Crippen LogP contribution in [0, 0.1) is 0 Å². The van der Waals surface area contributed by atoms with Crippen LogP contribution in [-0.4, -0.2) is 30.3 Å². The SMILES string of the molecule is CC1CCCCN1S(=O)(=O)c1ccc(CN)cn1. The van der Waals surface area contributed by atoms with Crippen LogP contribution in [-0.2, 0) is 16.6 Å². The van der Waals surface area contributed by atoms with Crippen molar-refractivity contribution in [2.24, 2.45) is 5.73 Å². The maximum atomic E-state index is 12.4. The highest BCUT2D eigenvalue weighted by molar-refractivity contribution is 7.89. The summed E-state index contributed by atoms with van der Waals surface area (Å²) in [5.41, 5.74) is 6.31. The molecule has 0 saturated carbocycles. The van der Waals surface area contributed by atoms with Crippen molar-refractivity contribution >= 4 is 10.0 Å². The predicted octanol–water partition coefficient (Wildman–Crippen LogP) is 1.10. The minimum absolute atomic E-state index is 0.0553. The first-order valence-corrected chi connectivity index (χ1v) is 7.66. The maximum Gasteiger partial charge on any atom is 0.260 e. The summed E-state index contributed by atoms with van der Waals surface area (Å²) in [5.74, 6) is 0. The first kappa shape index (κ1) is 13.5. The zero-order chi connectivity index (χ0) is 13.2. The van der Waals surface area contributed by atoms with Crippen molar-refractivity contribution in [3.8, 4) is 0 Å². The molecule has 18 heavy (non-hydrogen) atoms. The van der Waals surface area contributed by atoms with Crippen LogP contribution >= 0.6 is 0 Å². The number of hydrogen-bond donors (Lipinski definition) is 1. The lowest BCUT2D eigenvalue weighted by Gasteiger charge is -2.31. The van der Waals surface area contributed by atoms with Crippen molar-refractivity contribution in [2.45, 2.75) is 43.8 Å². The molecular formula is C12H19N3O2S. The van der Waals surface area contributed by atoms with Gasteiger partial charge in [-0.1, -0.05) is 12.5 Å². The molecule has 2 N–H and O–H groups in total. The maximum absolute atomic E-state index is 12.4. The molecule has 2 heterocycles. The first-order valence-electron chi connectivity index (χ1n) is 6.22. The van der Waals surface area contributed by atoms with Crippen molar-refractivity contribution in [3.05, 3.63) is 23.9 Å². The molecule has 1 aromatic heterocycles. The largest absolute Gasteiger partial charge is 0.326 e. The molecule has 1 saturated heterocycles. The van der Waals surface area contributed by atoms with E-state index in [1.807, 2.05) is 6.92 Å². The van der Waals surface area contributed by atoms with E-state index in [2.05, 4.69) is 4.98 Å². The van der Waals surface area contributed by atoms with Crippen molar-refractivity contribution < 1.29 is 8.42 Å². The number of piperidine rings is 1. The topological polar surface area (TPSA) is 76.3 Å². The van der Waals surface area contributed by atoms with Crippen molar-refractivity contribution in [1.82, 2.24) is 9.29 Å². The molecule has 0 aromatic carbocycles. The van der Waals surface area contributed by atoms with Gasteiger partial charge in [-0.05, 0) is 31.4 Å². The van der Waals surface area contributed by atoms with Crippen LogP contribution in [0.3, 0.4) is 0 Å². The molecule has 1 aliphatic heterocycles. The van der Waals surface area contributed by atoms with E-state index in [1.54, 1.807) is 16.4 Å². The first-order chi connectivity index (χ1) is 8.55. The third-order valence-electron chi connectivity index (χ3n) is 3.35. The van der Waals surface area contributed by atoms with Gasteiger partial charge in [0.25, 0.3) is 10.0 Å². The molecule has 1 fully saturated rings. The van der Waals surface area contributed by atoms with Gasteiger partial charge in [-0.25, -0.2) is 13.4 Å². The number of sulfonamides is 1. The quantitative estimate of drug-likeness (QED) is 0.891. The van der Waals surface area contributed by atoms with Crippen molar-refractivity contribution in [2.75, 3.05) is 6.54 Å². The molecule has 1 aliphatic rings. The fourth-order valence-corrected chi connectivity index (χ4v) is 3.85. The average Bonchev–Trinajstić information content (AvgIpc) is 2.39. The van der Waals surface area contributed by atoms with Gasteiger partial charge in [-0.2, -0.15) is 4.31 Å². The van der Waals surface area contributed by atoms with Gasteiger partial charge in [0.2, 0.25) is 0 Å². The van der Waals surface area contributed by atoms with Gasteiger partial charge in [0.1, 0.15) is 0 Å². The third kappa shape index (κ3) is 2.55. The minimum atomic E-state index is -3.45. The summed E-state index contributed by atoms with van der Waals surface area (Å²) < 4.78 is 26.4. The zero-order valence-corrected chi connectivity index (χ0v) is 11.4. The van der Waals surface area contributed by atoms with E-state index in [1.165, 1.54) is 6.20 Å². The Hall–Kier alpha value is -0.980. The lowest BCUT2D eigenvalue weighted by atomic mass is 10.1. The van der Waals surface area contributed by atoms with Crippen LogP contribution in [0.4, 0.5) is 0 Å². The molecule has 0 bridgehead atoms. The van der Waals surface area contributed by atoms with Gasteiger partial charge in [0, 0.05) is 25.3 Å². The number of nitrogens with two attached hydrogens (primary N) is 1. The van der Waals surface area contributed by atoms with Crippen LogP contribution in [0.15, 0.2) is 23.4 Å². The Labute approximate surface area is 108 Å².